The Morgan fingerprint density at radius 3 is 1.62 bits per heavy atom. The number of para-hydroxylation sites is 2. The number of phenolic OH excluding ortho intramolecular Hbond substituents is 5. The van der Waals surface area contributed by atoms with Crippen molar-refractivity contribution >= 4 is 54.7 Å². The number of benzene rings is 9. The molecule has 10 rings (SSSR count). The Morgan fingerprint density at radius 1 is 0.476 bits per heavy atom. The maximum Gasteiger partial charge on any atom is 0.208 e. The number of aromatic hydroxyl groups is 5. The number of hydrogen-bond donors (Lipinski definition) is 5. The summed E-state index contributed by atoms with van der Waals surface area (Å²) in [4.78, 5) is 2.13. The predicted molar refractivity (Wildman–Crippen MR) is 257 cm³/mol. The molecule has 0 bridgehead atoms. The summed E-state index contributed by atoms with van der Waals surface area (Å²) in [5, 5.41) is 59.3. The molecule has 9 aromatic carbocycles. The molecular weight excluding hydrogens is 781 g/mol. The van der Waals surface area contributed by atoms with E-state index in [0.29, 0.717) is 12.0 Å². The van der Waals surface area contributed by atoms with Crippen molar-refractivity contribution < 1.29 is 25.5 Å². The molecule has 0 aliphatic carbocycles. The highest BCUT2D eigenvalue weighted by molar-refractivity contribution is 6.10. The van der Waals surface area contributed by atoms with Crippen LogP contribution in [-0.2, 0) is 6.42 Å². The monoisotopic (exact) mass is 822 g/mol. The zero-order valence-corrected chi connectivity index (χ0v) is 34.3. The molecule has 0 aliphatic heterocycles. The standard InChI is InChI=1S/C56H42N2O5/c1-2-40(16-12-15-39-33-38-13-3-4-18-44(38)46-20-6-5-19-45(39)46)57(42-31-27-36(28-32-42)51-52(59)54(61)56(63)55(62)53(51)60)41-29-25-35(26-30-41)37-14-11-17-43(34-37)58-49-23-9-7-21-47(49)48-22-8-10-24-50(48)58/h2-14,16-34,59-63H,15H2,1H3/b16-12-,40-2+. The third-order valence-electron chi connectivity index (χ3n) is 12.0. The molecule has 0 fully saturated rings. The minimum atomic E-state index is -1.00. The van der Waals surface area contributed by atoms with Crippen molar-refractivity contribution in [2.75, 3.05) is 4.90 Å². The molecule has 0 spiro atoms. The molecule has 0 amide bonds. The van der Waals surface area contributed by atoms with Crippen molar-refractivity contribution in [2.45, 2.75) is 13.3 Å². The van der Waals surface area contributed by atoms with Crippen LogP contribution in [0.1, 0.15) is 12.5 Å². The number of aromatic nitrogens is 1. The first-order valence-corrected chi connectivity index (χ1v) is 20.8. The minimum Gasteiger partial charge on any atom is -0.504 e. The van der Waals surface area contributed by atoms with Crippen molar-refractivity contribution in [1.29, 1.82) is 0 Å². The molecule has 7 nitrogen and oxygen atoms in total. The molecule has 0 atom stereocenters. The summed E-state index contributed by atoms with van der Waals surface area (Å²) in [5.74, 6) is -4.34. The quantitative estimate of drug-likeness (QED) is 0.0429. The van der Waals surface area contributed by atoms with Gasteiger partial charge in [0.05, 0.1) is 16.6 Å². The van der Waals surface area contributed by atoms with E-state index < -0.39 is 28.7 Å². The lowest BCUT2D eigenvalue weighted by molar-refractivity contribution is 0.330. The van der Waals surface area contributed by atoms with Crippen LogP contribution >= 0.6 is 0 Å². The Kier molecular flexibility index (Phi) is 9.77. The van der Waals surface area contributed by atoms with Gasteiger partial charge < -0.3 is 35.0 Å². The maximum absolute atomic E-state index is 10.7. The number of nitrogens with zero attached hydrogens (tertiary/aromatic N) is 2. The largest absolute Gasteiger partial charge is 0.504 e. The van der Waals surface area contributed by atoms with Crippen LogP contribution in [0.5, 0.6) is 28.7 Å². The van der Waals surface area contributed by atoms with Crippen LogP contribution in [0.15, 0.2) is 200 Å². The van der Waals surface area contributed by atoms with E-state index in [2.05, 4.69) is 179 Å². The highest BCUT2D eigenvalue weighted by Crippen LogP contribution is 2.55. The van der Waals surface area contributed by atoms with Gasteiger partial charge in [0.25, 0.3) is 0 Å². The molecule has 63 heavy (non-hydrogen) atoms. The smallest absolute Gasteiger partial charge is 0.208 e. The minimum absolute atomic E-state index is 0.206. The summed E-state index contributed by atoms with van der Waals surface area (Å²) in [6, 6.07) is 60.3. The molecule has 5 N–H and O–H groups in total. The summed E-state index contributed by atoms with van der Waals surface area (Å²) >= 11 is 0. The summed E-state index contributed by atoms with van der Waals surface area (Å²) in [6.07, 6.45) is 7.05. The van der Waals surface area contributed by atoms with E-state index >= 15 is 0 Å². The van der Waals surface area contributed by atoms with E-state index in [1.807, 2.05) is 19.1 Å². The van der Waals surface area contributed by atoms with E-state index in [1.165, 1.54) is 37.9 Å². The van der Waals surface area contributed by atoms with Crippen molar-refractivity contribution in [3.8, 4) is 56.7 Å². The average Bonchev–Trinajstić information content (AvgIpc) is 3.67. The fraction of sp³-hybridized carbons (Fsp3) is 0.0357. The molecule has 7 heteroatoms. The Morgan fingerprint density at radius 2 is 1.00 bits per heavy atom. The number of hydrogen-bond acceptors (Lipinski definition) is 6. The highest BCUT2D eigenvalue weighted by Gasteiger charge is 2.25. The number of rotatable bonds is 9. The molecule has 1 heterocycles. The van der Waals surface area contributed by atoms with Crippen molar-refractivity contribution in [2.24, 2.45) is 0 Å². The molecule has 1 aromatic heterocycles. The fourth-order valence-corrected chi connectivity index (χ4v) is 8.92. The van der Waals surface area contributed by atoms with Gasteiger partial charge in [0, 0.05) is 33.5 Å². The van der Waals surface area contributed by atoms with Crippen LogP contribution in [0.25, 0.3) is 71.3 Å². The normalized spacial score (nSPS) is 12.0. The summed E-state index contributed by atoms with van der Waals surface area (Å²) < 4.78 is 2.32. The Balaban J connectivity index is 1.03. The predicted octanol–water partition coefficient (Wildman–Crippen LogP) is 13.8. The number of allylic oxidation sites excluding steroid dienone is 3. The molecule has 0 radical (unpaired) electrons. The first kappa shape index (κ1) is 38.8. The second-order valence-electron chi connectivity index (χ2n) is 15.6. The maximum atomic E-state index is 10.7. The molecular formula is C56H42N2O5. The number of phenols is 5. The van der Waals surface area contributed by atoms with Crippen LogP contribution in [0.4, 0.5) is 11.4 Å². The van der Waals surface area contributed by atoms with Gasteiger partial charge in [0.15, 0.2) is 11.5 Å². The second-order valence-corrected chi connectivity index (χ2v) is 15.6. The van der Waals surface area contributed by atoms with Crippen LogP contribution in [0.2, 0.25) is 0 Å². The summed E-state index contributed by atoms with van der Waals surface area (Å²) in [5.41, 5.74) is 9.41. The lowest BCUT2D eigenvalue weighted by Gasteiger charge is -2.27. The van der Waals surface area contributed by atoms with Gasteiger partial charge in [0.1, 0.15) is 0 Å². The van der Waals surface area contributed by atoms with E-state index in [-0.39, 0.29) is 5.56 Å². The molecule has 0 saturated carbocycles. The first-order valence-electron chi connectivity index (χ1n) is 20.8. The Labute approximate surface area is 363 Å². The van der Waals surface area contributed by atoms with Gasteiger partial charge in [0.2, 0.25) is 17.2 Å². The van der Waals surface area contributed by atoms with Gasteiger partial charge in [-0.05, 0) is 112 Å². The fourth-order valence-electron chi connectivity index (χ4n) is 8.92. The second kappa shape index (κ2) is 15.9. The van der Waals surface area contributed by atoms with Crippen LogP contribution < -0.4 is 4.90 Å². The van der Waals surface area contributed by atoms with Crippen molar-refractivity contribution in [1.82, 2.24) is 4.57 Å². The first-order chi connectivity index (χ1) is 30.8. The molecule has 0 aliphatic rings. The zero-order valence-electron chi connectivity index (χ0n) is 34.3. The number of fused-ring (bicyclic) bond motifs is 6. The summed E-state index contributed by atoms with van der Waals surface area (Å²) in [7, 11) is 0. The molecule has 0 unspecified atom stereocenters. The number of anilines is 2. The SMILES string of the molecule is C/C=C(\C=C/Cc1cc2ccccc2c2ccccc12)N(c1ccc(-c2cccc(-n3c4ccccc4c4ccccc43)c2)cc1)c1ccc(-c2c(O)c(O)c(O)c(O)c2O)cc1. The van der Waals surface area contributed by atoms with Crippen molar-refractivity contribution in [3.05, 3.63) is 205 Å². The van der Waals surface area contributed by atoms with Gasteiger partial charge in [-0.15, -0.1) is 0 Å². The summed E-state index contributed by atoms with van der Waals surface area (Å²) in [6.45, 7) is 2.00. The van der Waals surface area contributed by atoms with Crippen molar-refractivity contribution in [3.63, 3.8) is 0 Å². The molecule has 0 saturated heterocycles. The highest BCUT2D eigenvalue weighted by atomic mass is 16.4. The topological polar surface area (TPSA) is 109 Å². The van der Waals surface area contributed by atoms with E-state index in [9.17, 15) is 25.5 Å². The Hall–Kier alpha value is -8.42. The van der Waals surface area contributed by atoms with E-state index in [4.69, 9.17) is 0 Å². The van der Waals surface area contributed by atoms with Crippen LogP contribution in [-0.4, -0.2) is 30.1 Å². The van der Waals surface area contributed by atoms with E-state index in [1.54, 1.807) is 12.1 Å². The van der Waals surface area contributed by atoms with Crippen LogP contribution in [0, 0.1) is 0 Å². The molecule has 306 valence electrons. The van der Waals surface area contributed by atoms with Gasteiger partial charge in [-0.25, -0.2) is 0 Å². The van der Waals surface area contributed by atoms with Gasteiger partial charge in [-0.1, -0.05) is 140 Å². The zero-order chi connectivity index (χ0) is 43.2. The third kappa shape index (κ3) is 6.73. The van der Waals surface area contributed by atoms with Gasteiger partial charge >= 0.3 is 0 Å². The van der Waals surface area contributed by atoms with E-state index in [0.717, 1.165) is 44.9 Å². The average molecular weight is 823 g/mol. The Bertz CT molecular complexity index is 3350. The third-order valence-corrected chi connectivity index (χ3v) is 12.0. The van der Waals surface area contributed by atoms with Gasteiger partial charge in [-0.3, -0.25) is 0 Å². The molecule has 10 aromatic rings. The van der Waals surface area contributed by atoms with Gasteiger partial charge in [-0.2, -0.15) is 0 Å². The lowest BCUT2D eigenvalue weighted by atomic mass is 9.95. The van der Waals surface area contributed by atoms with Crippen LogP contribution in [0.3, 0.4) is 0 Å². The lowest BCUT2D eigenvalue weighted by Crippen LogP contribution is -2.15.